The van der Waals surface area contributed by atoms with Crippen LogP contribution in [0.5, 0.6) is 0 Å². The van der Waals surface area contributed by atoms with Crippen molar-refractivity contribution in [2.75, 3.05) is 0 Å². The second-order valence-electron chi connectivity index (χ2n) is 2.66. The van der Waals surface area contributed by atoms with Gasteiger partial charge in [-0.1, -0.05) is 0 Å². The van der Waals surface area contributed by atoms with Crippen LogP contribution in [0.4, 0.5) is 0 Å². The minimum atomic E-state index is 0.519. The van der Waals surface area contributed by atoms with Gasteiger partial charge in [-0.25, -0.2) is 9.97 Å². The normalized spacial score (nSPS) is 9.85. The summed E-state index contributed by atoms with van der Waals surface area (Å²) in [7, 11) is 0. The summed E-state index contributed by atoms with van der Waals surface area (Å²) in [6.07, 6.45) is 3.00. The maximum atomic E-state index is 8.63. The molecule has 4 heteroatoms. The molecule has 0 bridgehead atoms. The highest BCUT2D eigenvalue weighted by Gasteiger charge is 2.01. The molecular weight excluding hydrogens is 164 g/mol. The molecule has 0 fully saturated rings. The molecule has 0 unspecified atom stereocenters. The van der Waals surface area contributed by atoms with Crippen LogP contribution in [0.1, 0.15) is 11.3 Å². The van der Waals surface area contributed by atoms with Crippen LogP contribution < -0.4 is 0 Å². The molecular formula is C9H6N4. The van der Waals surface area contributed by atoms with Gasteiger partial charge in [-0.2, -0.15) is 5.26 Å². The van der Waals surface area contributed by atoms with E-state index in [0.717, 1.165) is 11.2 Å². The molecule has 0 spiro atoms. The highest BCUT2D eigenvalue weighted by molar-refractivity contribution is 5.76. The summed E-state index contributed by atoms with van der Waals surface area (Å²) < 4.78 is 0. The average molecular weight is 170 g/mol. The van der Waals surface area contributed by atoms with Crippen molar-refractivity contribution >= 4 is 11.0 Å². The van der Waals surface area contributed by atoms with E-state index in [1.807, 2.05) is 13.0 Å². The Labute approximate surface area is 74.9 Å². The summed E-state index contributed by atoms with van der Waals surface area (Å²) >= 11 is 0. The van der Waals surface area contributed by atoms with E-state index in [-0.39, 0.29) is 0 Å². The van der Waals surface area contributed by atoms with Crippen LogP contribution in [-0.4, -0.2) is 15.0 Å². The number of hydrogen-bond acceptors (Lipinski definition) is 4. The van der Waals surface area contributed by atoms with Crippen molar-refractivity contribution in [3.63, 3.8) is 0 Å². The van der Waals surface area contributed by atoms with Crippen LogP contribution in [-0.2, 0) is 0 Å². The van der Waals surface area contributed by atoms with Gasteiger partial charge in [-0.15, -0.1) is 0 Å². The number of nitrogens with zero attached hydrogens (tertiary/aromatic N) is 4. The number of fused-ring (bicyclic) bond motifs is 1. The van der Waals surface area contributed by atoms with E-state index in [1.54, 1.807) is 6.07 Å². The van der Waals surface area contributed by atoms with Gasteiger partial charge in [0.2, 0.25) is 0 Å². The Morgan fingerprint density at radius 1 is 1.31 bits per heavy atom. The van der Waals surface area contributed by atoms with Crippen molar-refractivity contribution in [2.24, 2.45) is 0 Å². The highest BCUT2D eigenvalue weighted by Crippen LogP contribution is 2.11. The van der Waals surface area contributed by atoms with E-state index in [4.69, 9.17) is 5.26 Å². The van der Waals surface area contributed by atoms with Gasteiger partial charge in [0, 0.05) is 6.20 Å². The summed E-state index contributed by atoms with van der Waals surface area (Å²) in [6, 6.07) is 3.72. The van der Waals surface area contributed by atoms with Crippen molar-refractivity contribution in [3.8, 4) is 6.07 Å². The maximum Gasteiger partial charge on any atom is 0.116 e. The molecule has 0 atom stereocenters. The third kappa shape index (κ3) is 1.20. The van der Waals surface area contributed by atoms with Crippen LogP contribution in [0.2, 0.25) is 0 Å². The fraction of sp³-hybridized carbons (Fsp3) is 0.111. The standard InChI is InChI=1S/C9H6N4/c1-6-9-8(13-5-12-6)2-7(3-10)4-11-9/h2,4-5H,1H3. The minimum absolute atomic E-state index is 0.519. The van der Waals surface area contributed by atoms with Crippen molar-refractivity contribution in [2.45, 2.75) is 6.92 Å². The number of aryl methyl sites for hydroxylation is 1. The molecule has 0 radical (unpaired) electrons. The van der Waals surface area contributed by atoms with Gasteiger partial charge in [0.05, 0.1) is 16.8 Å². The topological polar surface area (TPSA) is 62.5 Å². The van der Waals surface area contributed by atoms with E-state index in [2.05, 4.69) is 15.0 Å². The first-order chi connectivity index (χ1) is 6.31. The molecule has 0 aliphatic carbocycles. The van der Waals surface area contributed by atoms with E-state index >= 15 is 0 Å². The molecule has 2 aromatic rings. The number of nitriles is 1. The van der Waals surface area contributed by atoms with Crippen LogP contribution in [0.3, 0.4) is 0 Å². The Morgan fingerprint density at radius 2 is 2.15 bits per heavy atom. The lowest BCUT2D eigenvalue weighted by Gasteiger charge is -1.97. The summed E-state index contributed by atoms with van der Waals surface area (Å²) in [4.78, 5) is 12.1. The van der Waals surface area contributed by atoms with E-state index in [9.17, 15) is 0 Å². The molecule has 2 aromatic heterocycles. The lowest BCUT2D eigenvalue weighted by Crippen LogP contribution is -1.90. The molecule has 62 valence electrons. The molecule has 2 rings (SSSR count). The number of pyridine rings is 1. The summed E-state index contributed by atoms with van der Waals surface area (Å²) in [5.41, 5.74) is 2.81. The lowest BCUT2D eigenvalue weighted by molar-refractivity contribution is 1.13. The number of aromatic nitrogens is 3. The zero-order chi connectivity index (χ0) is 9.26. The summed E-state index contributed by atoms with van der Waals surface area (Å²) in [5, 5.41) is 8.63. The minimum Gasteiger partial charge on any atom is -0.251 e. The van der Waals surface area contributed by atoms with Gasteiger partial charge in [-0.3, -0.25) is 4.98 Å². The van der Waals surface area contributed by atoms with Crippen molar-refractivity contribution in [1.29, 1.82) is 5.26 Å². The smallest absolute Gasteiger partial charge is 0.116 e. The molecule has 0 saturated carbocycles. The van der Waals surface area contributed by atoms with Crippen LogP contribution in [0.15, 0.2) is 18.6 Å². The second kappa shape index (κ2) is 2.79. The van der Waals surface area contributed by atoms with Crippen molar-refractivity contribution < 1.29 is 0 Å². The molecule has 0 aliphatic heterocycles. The third-order valence-electron chi connectivity index (χ3n) is 1.79. The molecule has 0 amide bonds. The Hall–Kier alpha value is -2.02. The molecule has 0 saturated heterocycles. The van der Waals surface area contributed by atoms with Gasteiger partial charge in [0.25, 0.3) is 0 Å². The zero-order valence-corrected chi connectivity index (χ0v) is 7.02. The lowest BCUT2D eigenvalue weighted by atomic mass is 10.2. The highest BCUT2D eigenvalue weighted by atomic mass is 14.9. The van der Waals surface area contributed by atoms with Gasteiger partial charge in [0.1, 0.15) is 17.9 Å². The number of rotatable bonds is 0. The number of hydrogen-bond donors (Lipinski definition) is 0. The third-order valence-corrected chi connectivity index (χ3v) is 1.79. The predicted molar refractivity (Wildman–Crippen MR) is 46.8 cm³/mol. The van der Waals surface area contributed by atoms with E-state index < -0.39 is 0 Å². The average Bonchev–Trinajstić information content (AvgIpc) is 2.18. The quantitative estimate of drug-likeness (QED) is 0.596. The van der Waals surface area contributed by atoms with Crippen LogP contribution in [0.25, 0.3) is 11.0 Å². The van der Waals surface area contributed by atoms with E-state index in [1.165, 1.54) is 12.5 Å². The molecule has 0 aliphatic rings. The second-order valence-corrected chi connectivity index (χ2v) is 2.66. The first-order valence-electron chi connectivity index (χ1n) is 3.79. The summed E-state index contributed by atoms with van der Waals surface area (Å²) in [6.45, 7) is 1.86. The summed E-state index contributed by atoms with van der Waals surface area (Å²) in [5.74, 6) is 0. The van der Waals surface area contributed by atoms with Crippen LogP contribution >= 0.6 is 0 Å². The SMILES string of the molecule is Cc1ncnc2cc(C#N)cnc12. The van der Waals surface area contributed by atoms with Gasteiger partial charge < -0.3 is 0 Å². The van der Waals surface area contributed by atoms with Gasteiger partial charge >= 0.3 is 0 Å². The monoisotopic (exact) mass is 170 g/mol. The first-order valence-corrected chi connectivity index (χ1v) is 3.79. The Morgan fingerprint density at radius 3 is 2.92 bits per heavy atom. The van der Waals surface area contributed by atoms with Crippen LogP contribution in [0, 0.1) is 18.3 Å². The Bertz CT molecular complexity index is 498. The molecule has 13 heavy (non-hydrogen) atoms. The first kappa shape index (κ1) is 7.62. The predicted octanol–water partition coefficient (Wildman–Crippen LogP) is 1.20. The fourth-order valence-electron chi connectivity index (χ4n) is 1.13. The Balaban J connectivity index is 2.82. The molecule has 4 nitrogen and oxygen atoms in total. The van der Waals surface area contributed by atoms with Crippen molar-refractivity contribution in [3.05, 3.63) is 29.8 Å². The molecule has 0 N–H and O–H groups in total. The largest absolute Gasteiger partial charge is 0.251 e. The van der Waals surface area contributed by atoms with Crippen molar-refractivity contribution in [1.82, 2.24) is 15.0 Å². The van der Waals surface area contributed by atoms with E-state index in [0.29, 0.717) is 11.1 Å². The van der Waals surface area contributed by atoms with Gasteiger partial charge in [-0.05, 0) is 13.0 Å². The molecule has 2 heterocycles. The van der Waals surface area contributed by atoms with Gasteiger partial charge in [0.15, 0.2) is 0 Å². The fourth-order valence-corrected chi connectivity index (χ4v) is 1.13. The Kier molecular flexibility index (Phi) is 1.64. The molecule has 0 aromatic carbocycles. The zero-order valence-electron chi connectivity index (χ0n) is 7.02. The maximum absolute atomic E-state index is 8.63.